The smallest absolute Gasteiger partial charge is 0.303 e. The zero-order valence-corrected chi connectivity index (χ0v) is 46.1. The van der Waals surface area contributed by atoms with Crippen molar-refractivity contribution in [2.75, 3.05) is 6.61 Å². The van der Waals surface area contributed by atoms with Crippen LogP contribution in [0.15, 0.2) is 134 Å². The van der Waals surface area contributed by atoms with Gasteiger partial charge in [0, 0.05) is 6.42 Å². The molecule has 0 amide bonds. The second-order valence-electron chi connectivity index (χ2n) is 20.9. The maximum absolute atomic E-state index is 12.8. The zero-order valence-electron chi connectivity index (χ0n) is 46.1. The number of hydrogen-bond acceptors (Lipinski definition) is 14. The standard InChI is InChI=1S/C63H86O15/c1-6-27-50(36-25-11-9-8-10-12-26-37-51(64)65)76-63-60(59(72-42-49-34-23-16-24-35-49)56(45(5)75-63)71-41-48-32-21-15-22-33-48)78-62-53(67)58(55(44(4)74-62)70-40-47-30-19-14-20-31-47)77-61-52(66)57(68-38-7-2)54(43(3)73-61)69-39-46-28-17-13-18-29-46/h7,13-24,28-35,43-45,50,52-63,66-67H,2,6,8-12,25-27,36-42H2,1,3-5H3,(H,64,65)/t43-,44-,45-,50+,52-,53-,54-,55-,56-,57-,58-,59+,60-,61+,62+,63+/m1/s1. The average Bonchev–Trinajstić information content (AvgIpc) is 3.53. The fourth-order valence-electron chi connectivity index (χ4n) is 10.5. The minimum Gasteiger partial charge on any atom is -0.481 e. The zero-order chi connectivity index (χ0) is 55.1. The summed E-state index contributed by atoms with van der Waals surface area (Å²) in [5.41, 5.74) is 3.77. The molecule has 3 aliphatic rings. The number of unbranched alkanes of at least 4 members (excludes halogenated alkanes) is 6. The number of aliphatic hydroxyl groups excluding tert-OH is 2. The van der Waals surface area contributed by atoms with Gasteiger partial charge in [-0.25, -0.2) is 0 Å². The Bertz CT molecular complexity index is 2260. The largest absolute Gasteiger partial charge is 0.481 e. The lowest BCUT2D eigenvalue weighted by Crippen LogP contribution is -2.66. The molecule has 3 saturated heterocycles. The number of carboxylic acid groups (broad SMARTS) is 1. The van der Waals surface area contributed by atoms with Crippen LogP contribution in [-0.4, -0.2) is 126 Å². The molecule has 4 aromatic carbocycles. The Kier molecular flexibility index (Phi) is 25.7. The normalized spacial score (nSPS) is 29.7. The topological polar surface area (TPSA) is 179 Å². The van der Waals surface area contributed by atoms with E-state index in [1.807, 2.05) is 142 Å². The fourth-order valence-corrected chi connectivity index (χ4v) is 10.5. The number of rotatable bonds is 33. The van der Waals surface area contributed by atoms with Crippen molar-refractivity contribution < 1.29 is 72.2 Å². The van der Waals surface area contributed by atoms with Crippen LogP contribution in [0, 0.1) is 0 Å². The van der Waals surface area contributed by atoms with Crippen LogP contribution in [-0.2, 0) is 83.3 Å². The Labute approximate surface area is 462 Å². The molecule has 78 heavy (non-hydrogen) atoms. The predicted molar refractivity (Wildman–Crippen MR) is 294 cm³/mol. The monoisotopic (exact) mass is 1080 g/mol. The van der Waals surface area contributed by atoms with Gasteiger partial charge < -0.3 is 67.4 Å². The van der Waals surface area contributed by atoms with E-state index in [9.17, 15) is 15.0 Å². The summed E-state index contributed by atoms with van der Waals surface area (Å²) >= 11 is 0. The van der Waals surface area contributed by atoms with Gasteiger partial charge in [0.25, 0.3) is 0 Å². The summed E-state index contributed by atoms with van der Waals surface area (Å²) in [6.45, 7) is 12.7. The maximum Gasteiger partial charge on any atom is 0.303 e. The van der Waals surface area contributed by atoms with Crippen LogP contribution < -0.4 is 0 Å². The van der Waals surface area contributed by atoms with E-state index >= 15 is 0 Å². The van der Waals surface area contributed by atoms with Crippen molar-refractivity contribution in [2.45, 2.75) is 223 Å². The fraction of sp³-hybridized carbons (Fsp3) is 0.571. The highest BCUT2D eigenvalue weighted by molar-refractivity contribution is 5.66. The van der Waals surface area contributed by atoms with Gasteiger partial charge >= 0.3 is 5.97 Å². The molecular formula is C63H86O15. The lowest BCUT2D eigenvalue weighted by molar-refractivity contribution is -0.391. The number of aliphatic hydroxyl groups is 2. The van der Waals surface area contributed by atoms with Gasteiger partial charge in [-0.3, -0.25) is 4.79 Å². The van der Waals surface area contributed by atoms with Crippen LogP contribution in [0.5, 0.6) is 0 Å². The Hall–Kier alpha value is -4.43. The van der Waals surface area contributed by atoms with E-state index in [4.69, 9.17) is 57.2 Å². The van der Waals surface area contributed by atoms with Crippen molar-refractivity contribution in [1.29, 1.82) is 0 Å². The Morgan fingerprint density at radius 2 is 0.885 bits per heavy atom. The van der Waals surface area contributed by atoms with E-state index in [0.717, 1.165) is 80.0 Å². The second-order valence-corrected chi connectivity index (χ2v) is 20.9. The van der Waals surface area contributed by atoms with Gasteiger partial charge in [-0.15, -0.1) is 6.58 Å². The van der Waals surface area contributed by atoms with Crippen molar-refractivity contribution in [1.82, 2.24) is 0 Å². The molecule has 0 spiro atoms. The molecule has 0 saturated carbocycles. The van der Waals surface area contributed by atoms with Crippen molar-refractivity contribution in [2.24, 2.45) is 0 Å². The van der Waals surface area contributed by atoms with Crippen LogP contribution in [0.3, 0.4) is 0 Å². The van der Waals surface area contributed by atoms with Gasteiger partial charge in [-0.2, -0.15) is 0 Å². The van der Waals surface area contributed by atoms with Gasteiger partial charge in [0.1, 0.15) is 54.9 Å². The van der Waals surface area contributed by atoms with Crippen molar-refractivity contribution in [3.8, 4) is 0 Å². The summed E-state index contributed by atoms with van der Waals surface area (Å²) in [6, 6.07) is 39.2. The molecule has 0 unspecified atom stereocenters. The number of ether oxygens (including phenoxy) is 11. The van der Waals surface area contributed by atoms with Gasteiger partial charge in [0.2, 0.25) is 0 Å². The molecule has 3 heterocycles. The summed E-state index contributed by atoms with van der Waals surface area (Å²) in [4.78, 5) is 11.0. The molecule has 3 N–H and O–H groups in total. The quantitative estimate of drug-likeness (QED) is 0.0303. The van der Waals surface area contributed by atoms with Gasteiger partial charge in [-0.05, 0) is 62.3 Å². The highest BCUT2D eigenvalue weighted by Crippen LogP contribution is 2.38. The third-order valence-electron chi connectivity index (χ3n) is 14.7. The van der Waals surface area contributed by atoms with Crippen LogP contribution >= 0.6 is 0 Å². The summed E-state index contributed by atoms with van der Waals surface area (Å²) < 4.78 is 74.0. The van der Waals surface area contributed by atoms with Crippen molar-refractivity contribution in [3.63, 3.8) is 0 Å². The number of aliphatic carboxylic acids is 1. The minimum atomic E-state index is -1.53. The number of hydrogen-bond donors (Lipinski definition) is 3. The summed E-state index contributed by atoms with van der Waals surface area (Å²) in [5, 5.41) is 34.0. The third-order valence-corrected chi connectivity index (χ3v) is 14.7. The molecule has 0 radical (unpaired) electrons. The van der Waals surface area contributed by atoms with E-state index in [0.29, 0.717) is 6.42 Å². The second kappa shape index (κ2) is 32.7. The highest BCUT2D eigenvalue weighted by Gasteiger charge is 2.55. The molecule has 4 aromatic rings. The first-order valence-corrected chi connectivity index (χ1v) is 28.4. The minimum absolute atomic E-state index is 0.133. The van der Waals surface area contributed by atoms with E-state index in [1.165, 1.54) is 0 Å². The summed E-state index contributed by atoms with van der Waals surface area (Å²) in [6.07, 6.45) is -3.84. The van der Waals surface area contributed by atoms with Gasteiger partial charge in [0.15, 0.2) is 18.9 Å². The highest BCUT2D eigenvalue weighted by atomic mass is 16.8. The van der Waals surface area contributed by atoms with Crippen LogP contribution in [0.1, 0.15) is 121 Å². The molecule has 3 fully saturated rings. The van der Waals surface area contributed by atoms with Crippen LogP contribution in [0.4, 0.5) is 0 Å². The molecule has 0 aromatic heterocycles. The number of carbonyl (C=O) groups is 1. The lowest BCUT2D eigenvalue weighted by Gasteiger charge is -2.50. The Morgan fingerprint density at radius 1 is 0.500 bits per heavy atom. The van der Waals surface area contributed by atoms with E-state index in [1.54, 1.807) is 6.08 Å². The van der Waals surface area contributed by atoms with Crippen molar-refractivity contribution >= 4 is 5.97 Å². The third kappa shape index (κ3) is 18.6. The summed E-state index contributed by atoms with van der Waals surface area (Å²) in [5.74, 6) is -0.748. The maximum atomic E-state index is 12.8. The Balaban J connectivity index is 1.17. The van der Waals surface area contributed by atoms with Crippen molar-refractivity contribution in [3.05, 3.63) is 156 Å². The van der Waals surface area contributed by atoms with Gasteiger partial charge in [0.05, 0.1) is 57.5 Å². The molecule has 3 aliphatic heterocycles. The first kappa shape index (κ1) is 61.2. The molecule has 15 nitrogen and oxygen atoms in total. The first-order chi connectivity index (χ1) is 38.0. The van der Waals surface area contributed by atoms with Gasteiger partial charge in [-0.1, -0.05) is 179 Å². The molecule has 0 bridgehead atoms. The SMILES string of the molecule is C=CCO[C@@H]1[C@@H](O)[C@H](O[C@@H]2[C@@H](O)[C@H](O[C@H]3[C@H](O[C@@H](CCC)CCCCCCCCCC(=O)O)O[C@H](C)[C@@H](OCc4ccccc4)[C@@H]3OCc3ccccc3)O[C@H](C)[C@H]2OCc2ccccc2)O[C@H](C)[C@H]1OCc1ccccc1. The number of carboxylic acids is 1. The van der Waals surface area contributed by atoms with E-state index < -0.39 is 98.1 Å². The van der Waals surface area contributed by atoms with E-state index in [-0.39, 0.29) is 45.6 Å². The molecule has 428 valence electrons. The van der Waals surface area contributed by atoms with Crippen LogP contribution in [0.25, 0.3) is 0 Å². The average molecular weight is 1080 g/mol. The Morgan fingerprint density at radius 3 is 1.33 bits per heavy atom. The first-order valence-electron chi connectivity index (χ1n) is 28.4. The summed E-state index contributed by atoms with van der Waals surface area (Å²) in [7, 11) is 0. The van der Waals surface area contributed by atoms with E-state index in [2.05, 4.69) is 13.5 Å². The molecule has 7 rings (SSSR count). The molecule has 16 atom stereocenters. The predicted octanol–water partition coefficient (Wildman–Crippen LogP) is 10.4. The molecular weight excluding hydrogens is 997 g/mol. The lowest BCUT2D eigenvalue weighted by atomic mass is 9.96. The molecule has 15 heteroatoms. The number of benzene rings is 4. The molecule has 0 aliphatic carbocycles. The van der Waals surface area contributed by atoms with Crippen LogP contribution in [0.2, 0.25) is 0 Å².